The summed E-state index contributed by atoms with van der Waals surface area (Å²) in [5, 5.41) is 16.6. The highest BCUT2D eigenvalue weighted by atomic mass is 31.2. The highest BCUT2D eigenvalue weighted by Crippen LogP contribution is 2.43. The molecule has 2 atom stereocenters. The molecule has 0 fully saturated rings. The second-order valence-corrected chi connectivity index (χ2v) is 13.0. The Morgan fingerprint density at radius 1 is 0.800 bits per heavy atom. The van der Waals surface area contributed by atoms with E-state index in [1.165, 1.54) is 57.8 Å². The van der Waals surface area contributed by atoms with E-state index in [0.29, 0.717) is 13.2 Å². The molecular weight excluding hydrogens is 558 g/mol. The number of hydrogen-bond acceptors (Lipinski definition) is 10. The Morgan fingerprint density at radius 3 is 1.75 bits per heavy atom. The topological polar surface area (TPSA) is 146 Å². The van der Waals surface area contributed by atoms with Gasteiger partial charge in [0.25, 0.3) is 0 Å². The molecule has 0 aromatic carbocycles. The second-order valence-electron chi connectivity index (χ2n) is 9.17. The van der Waals surface area contributed by atoms with Crippen LogP contribution in [0.2, 0.25) is 0 Å². The van der Waals surface area contributed by atoms with Crippen molar-refractivity contribution >= 4 is 27.3 Å². The number of aliphatic hydroxyl groups excluding tert-OH is 2. The van der Waals surface area contributed by atoms with Gasteiger partial charge in [-0.3, -0.25) is 9.36 Å². The normalized spacial score (nSPS) is 12.1. The first-order valence-corrected chi connectivity index (χ1v) is 18.4. The minimum absolute atomic E-state index is 0.00847. The van der Waals surface area contributed by atoms with Crippen LogP contribution in [0.15, 0.2) is 12.7 Å². The van der Waals surface area contributed by atoms with Crippen LogP contribution in [0, 0.1) is 0 Å². The third-order valence-electron chi connectivity index (χ3n) is 5.21. The minimum Gasteiger partial charge on any atom is -0.463 e. The van der Waals surface area contributed by atoms with E-state index in [1.54, 1.807) is 13.3 Å². The Balaban J connectivity index is -0.000000578. The third kappa shape index (κ3) is 41.3. The molecule has 0 saturated heterocycles. The Labute approximate surface area is 243 Å². The molecule has 12 heteroatoms. The number of aliphatic hydroxyl groups is 2. The van der Waals surface area contributed by atoms with Crippen molar-refractivity contribution in [3.8, 4) is 0 Å². The molecule has 0 aromatic rings. The molecule has 0 rings (SSSR count). The van der Waals surface area contributed by atoms with Crippen molar-refractivity contribution in [1.82, 2.24) is 0 Å². The first-order valence-electron chi connectivity index (χ1n) is 14.5. The van der Waals surface area contributed by atoms with Crippen LogP contribution in [0.1, 0.15) is 97.3 Å². The van der Waals surface area contributed by atoms with Crippen LogP contribution in [-0.2, 0) is 37.2 Å². The lowest BCUT2D eigenvalue weighted by Crippen LogP contribution is -2.10. The first kappa shape index (κ1) is 43.3. The molecule has 2 N–H and O–H groups in total. The molecule has 2 unspecified atom stereocenters. The Kier molecular flexibility index (Phi) is 36.9. The number of carbonyl (C=O) groups excluding carboxylic acids is 2. The van der Waals surface area contributed by atoms with Crippen molar-refractivity contribution in [3.05, 3.63) is 12.7 Å². The molecule has 40 heavy (non-hydrogen) atoms. The van der Waals surface area contributed by atoms with Gasteiger partial charge in [-0.1, -0.05) is 84.6 Å². The summed E-state index contributed by atoms with van der Waals surface area (Å²) in [5.41, 5.74) is 0. The van der Waals surface area contributed by atoms with Gasteiger partial charge in [0.05, 0.1) is 26.2 Å². The zero-order chi connectivity index (χ0) is 30.9. The minimum atomic E-state index is -2.70. The van der Waals surface area contributed by atoms with E-state index in [9.17, 15) is 18.7 Å². The molecule has 0 bridgehead atoms. The summed E-state index contributed by atoms with van der Waals surface area (Å²) in [7, 11) is -4.08. The van der Waals surface area contributed by atoms with E-state index >= 15 is 0 Å². The predicted octanol–water partition coefficient (Wildman–Crippen LogP) is 6.64. The summed E-state index contributed by atoms with van der Waals surface area (Å²) in [6.07, 6.45) is 15.8. The summed E-state index contributed by atoms with van der Waals surface area (Å²) in [6.45, 7) is 11.6. The second kappa shape index (κ2) is 34.1. The molecule has 0 heterocycles. The molecule has 0 saturated carbocycles. The monoisotopic (exact) mass is 615 g/mol. The fraction of sp³-hybridized carbons (Fsp3) is 0.857. The van der Waals surface area contributed by atoms with E-state index in [2.05, 4.69) is 25.2 Å². The fourth-order valence-corrected chi connectivity index (χ4v) is 4.63. The number of hydrogen-bond donors (Lipinski definition) is 2. The summed E-state index contributed by atoms with van der Waals surface area (Å²) in [4.78, 5) is 21.3. The lowest BCUT2D eigenvalue weighted by atomic mass is 10.1. The van der Waals surface area contributed by atoms with Gasteiger partial charge < -0.3 is 24.2 Å². The van der Waals surface area contributed by atoms with Gasteiger partial charge in [-0.15, -0.1) is 4.52 Å². The lowest BCUT2D eigenvalue weighted by molar-refractivity contribution is -0.144. The highest BCUT2D eigenvalue weighted by molar-refractivity contribution is 7.58. The van der Waals surface area contributed by atoms with E-state index < -0.39 is 27.3 Å². The van der Waals surface area contributed by atoms with Crippen molar-refractivity contribution in [2.45, 2.75) is 97.3 Å². The standard InChI is InChI=1S/C14H29O5P.C9H20O2P.C5H8O3/c1-3-4-5-6-7-8-11-19-20(2,17)13-9-14(16)18-12-10-15;1-3-4-5-6-7-8-9-11-12(2)10;1-2-5(7)8-4-3-6/h15H,3-13H2,1-2H3;3-9H2,1-2H3;2,6H,1,3-4H2/q;+1;. The zero-order valence-corrected chi connectivity index (χ0v) is 27.3. The van der Waals surface area contributed by atoms with Crippen LogP contribution in [0.25, 0.3) is 0 Å². The zero-order valence-electron chi connectivity index (χ0n) is 25.5. The van der Waals surface area contributed by atoms with Crippen LogP contribution in [0.3, 0.4) is 0 Å². The first-order chi connectivity index (χ1) is 19.1. The molecule has 10 nitrogen and oxygen atoms in total. The number of esters is 2. The molecule has 0 aliphatic heterocycles. The molecule has 0 aliphatic carbocycles. The van der Waals surface area contributed by atoms with Crippen molar-refractivity contribution < 1.29 is 47.5 Å². The largest absolute Gasteiger partial charge is 0.504 e. The molecule has 0 amide bonds. The molecular formula is C28H57O10P2+. The molecule has 0 spiro atoms. The van der Waals surface area contributed by atoms with Gasteiger partial charge in [-0.25, -0.2) is 4.79 Å². The van der Waals surface area contributed by atoms with Crippen molar-refractivity contribution in [2.24, 2.45) is 0 Å². The van der Waals surface area contributed by atoms with Crippen LogP contribution >= 0.6 is 15.4 Å². The number of unbranched alkanes of at least 4 members (excludes halogenated alkanes) is 10. The average Bonchev–Trinajstić information content (AvgIpc) is 2.93. The Bertz CT molecular complexity index is 659. The third-order valence-corrected chi connectivity index (χ3v) is 7.52. The summed E-state index contributed by atoms with van der Waals surface area (Å²) in [5.74, 6) is -0.941. The predicted molar refractivity (Wildman–Crippen MR) is 161 cm³/mol. The maximum absolute atomic E-state index is 12.0. The molecule has 0 radical (unpaired) electrons. The van der Waals surface area contributed by atoms with Gasteiger partial charge in [0.2, 0.25) is 7.37 Å². The summed E-state index contributed by atoms with van der Waals surface area (Å²) >= 11 is 0. The van der Waals surface area contributed by atoms with Crippen LogP contribution in [-0.4, -0.2) is 81.3 Å². The van der Waals surface area contributed by atoms with Crippen LogP contribution < -0.4 is 0 Å². The highest BCUT2D eigenvalue weighted by Gasteiger charge is 2.18. The quantitative estimate of drug-likeness (QED) is 0.0524. The number of ether oxygens (including phenoxy) is 2. The van der Waals surface area contributed by atoms with Crippen LogP contribution in [0.5, 0.6) is 0 Å². The van der Waals surface area contributed by atoms with Crippen molar-refractivity contribution in [2.75, 3.05) is 59.1 Å². The smallest absolute Gasteiger partial charge is 0.463 e. The Morgan fingerprint density at radius 2 is 1.27 bits per heavy atom. The number of carbonyl (C=O) groups is 2. The Hall–Kier alpha value is -1.15. The van der Waals surface area contributed by atoms with Gasteiger partial charge in [0, 0.05) is 18.9 Å². The van der Waals surface area contributed by atoms with Gasteiger partial charge in [-0.05, 0) is 17.4 Å². The van der Waals surface area contributed by atoms with E-state index in [1.807, 2.05) is 0 Å². The van der Waals surface area contributed by atoms with Crippen LogP contribution in [0.4, 0.5) is 0 Å². The lowest BCUT2D eigenvalue weighted by Gasteiger charge is -2.13. The fourth-order valence-electron chi connectivity index (χ4n) is 3.01. The van der Waals surface area contributed by atoms with Gasteiger partial charge >= 0.3 is 20.0 Å². The van der Waals surface area contributed by atoms with E-state index in [-0.39, 0.29) is 39.0 Å². The maximum Gasteiger partial charge on any atom is 0.504 e. The summed E-state index contributed by atoms with van der Waals surface area (Å²) < 4.78 is 41.9. The van der Waals surface area contributed by atoms with E-state index in [4.69, 9.17) is 24.0 Å². The van der Waals surface area contributed by atoms with Crippen molar-refractivity contribution in [1.29, 1.82) is 0 Å². The maximum atomic E-state index is 12.0. The summed E-state index contributed by atoms with van der Waals surface area (Å²) in [6, 6.07) is 0. The van der Waals surface area contributed by atoms with Gasteiger partial charge in [0.1, 0.15) is 19.8 Å². The average molecular weight is 616 g/mol. The van der Waals surface area contributed by atoms with Gasteiger partial charge in [0.15, 0.2) is 6.66 Å². The molecule has 238 valence electrons. The number of rotatable bonds is 24. The van der Waals surface area contributed by atoms with Gasteiger partial charge in [-0.2, -0.15) is 0 Å². The van der Waals surface area contributed by atoms with Crippen molar-refractivity contribution in [3.63, 3.8) is 0 Å². The molecule has 0 aromatic heterocycles. The SMILES string of the molecule is C=CC(=O)OCCO.CCCCCCCCOP(C)(=O)CCC(=O)OCCO.CCCCCCCCO[P+](C)=O. The molecule has 0 aliphatic rings. The van der Waals surface area contributed by atoms with E-state index in [0.717, 1.165) is 25.3 Å².